The Bertz CT molecular complexity index is 911. The summed E-state index contributed by atoms with van der Waals surface area (Å²) in [6, 6.07) is 5.20. The third-order valence-electron chi connectivity index (χ3n) is 5.85. The van der Waals surface area contributed by atoms with Gasteiger partial charge >= 0.3 is 12.2 Å². The van der Waals surface area contributed by atoms with E-state index >= 15 is 0 Å². The molecule has 34 heavy (non-hydrogen) atoms. The number of fused-ring (bicyclic) bond motifs is 1. The van der Waals surface area contributed by atoms with Gasteiger partial charge in [-0.1, -0.05) is 31.7 Å². The maximum Gasteiger partial charge on any atom is 0.514 e. The van der Waals surface area contributed by atoms with Crippen LogP contribution in [-0.4, -0.2) is 39.9 Å². The lowest BCUT2D eigenvalue weighted by atomic mass is 9.63. The van der Waals surface area contributed by atoms with Crippen LogP contribution in [0.1, 0.15) is 86.3 Å². The highest BCUT2D eigenvalue weighted by Crippen LogP contribution is 2.47. The van der Waals surface area contributed by atoms with E-state index in [-0.39, 0.29) is 16.4 Å². The number of thioether (sulfide) groups is 1. The molecule has 0 spiro atoms. The van der Waals surface area contributed by atoms with E-state index in [2.05, 4.69) is 19.2 Å². The molecule has 2 rings (SSSR count). The first-order valence-corrected chi connectivity index (χ1v) is 12.7. The van der Waals surface area contributed by atoms with E-state index in [1.165, 1.54) is 11.8 Å². The highest BCUT2D eigenvalue weighted by Gasteiger charge is 2.48. The first-order chi connectivity index (χ1) is 15.6. The van der Waals surface area contributed by atoms with Gasteiger partial charge in [0.25, 0.3) is 0 Å². The lowest BCUT2D eigenvalue weighted by molar-refractivity contribution is -0.109. The lowest BCUT2D eigenvalue weighted by Gasteiger charge is -2.48. The molecule has 0 fully saturated rings. The average Bonchev–Trinajstić information content (AvgIpc) is 2.65. The number of nitrogens with one attached hydrogen (secondary N) is 1. The van der Waals surface area contributed by atoms with Crippen molar-refractivity contribution in [2.24, 2.45) is 0 Å². The Kier molecular flexibility index (Phi) is 8.72. The van der Waals surface area contributed by atoms with Crippen molar-refractivity contribution >= 4 is 29.1 Å². The van der Waals surface area contributed by atoms with Gasteiger partial charge in [0.05, 0.1) is 6.04 Å². The van der Waals surface area contributed by atoms with Crippen molar-refractivity contribution in [1.29, 1.82) is 0 Å². The SMILES string of the molecule is CCC1(CC)c2cc(OC(=O)OC(C)(C)C)ccc2C[C@H](SC(C)=O)[C@H]1NC(=O)OC(C)(C)C. The van der Waals surface area contributed by atoms with Crippen LogP contribution in [0.15, 0.2) is 18.2 Å². The number of alkyl carbamates (subject to hydrolysis) is 1. The van der Waals surface area contributed by atoms with Crippen LogP contribution in [0.4, 0.5) is 9.59 Å². The second-order valence-electron chi connectivity index (χ2n) is 10.7. The number of ether oxygens (including phenoxy) is 3. The zero-order chi connectivity index (χ0) is 25.9. The molecule has 1 aromatic rings. The Labute approximate surface area is 207 Å². The maximum atomic E-state index is 12.8. The van der Waals surface area contributed by atoms with Crippen molar-refractivity contribution in [3.8, 4) is 5.75 Å². The molecule has 0 unspecified atom stereocenters. The van der Waals surface area contributed by atoms with Crippen LogP contribution in [0.2, 0.25) is 0 Å². The molecule has 1 N–H and O–H groups in total. The molecule has 0 saturated heterocycles. The van der Waals surface area contributed by atoms with Crippen molar-refractivity contribution in [3.63, 3.8) is 0 Å². The van der Waals surface area contributed by atoms with Gasteiger partial charge in [-0.25, -0.2) is 9.59 Å². The minimum Gasteiger partial charge on any atom is -0.444 e. The van der Waals surface area contributed by atoms with E-state index in [4.69, 9.17) is 14.2 Å². The maximum absolute atomic E-state index is 12.8. The smallest absolute Gasteiger partial charge is 0.444 e. The van der Waals surface area contributed by atoms with Gasteiger partial charge in [0, 0.05) is 17.6 Å². The molecule has 1 aromatic carbocycles. The fourth-order valence-electron chi connectivity index (χ4n) is 4.54. The number of benzene rings is 1. The van der Waals surface area contributed by atoms with Gasteiger partial charge in [0.2, 0.25) is 0 Å². The molecular formula is C26H39NO6S. The van der Waals surface area contributed by atoms with Crippen LogP contribution in [0, 0.1) is 0 Å². The summed E-state index contributed by atoms with van der Waals surface area (Å²) in [6.07, 6.45) is 0.732. The van der Waals surface area contributed by atoms with Gasteiger partial charge in [-0.15, -0.1) is 0 Å². The van der Waals surface area contributed by atoms with Crippen LogP contribution >= 0.6 is 11.8 Å². The fraction of sp³-hybridized carbons (Fsp3) is 0.654. The Balaban J connectivity index is 2.50. The molecular weight excluding hydrogens is 454 g/mol. The first kappa shape index (κ1) is 28.0. The molecule has 0 aliphatic heterocycles. The zero-order valence-electron chi connectivity index (χ0n) is 21.9. The zero-order valence-corrected chi connectivity index (χ0v) is 22.7. The third kappa shape index (κ3) is 7.14. The molecule has 0 saturated carbocycles. The van der Waals surface area contributed by atoms with E-state index in [1.807, 2.05) is 32.9 Å². The molecule has 0 radical (unpaired) electrons. The minimum absolute atomic E-state index is 0.00424. The third-order valence-corrected chi connectivity index (χ3v) is 6.92. The van der Waals surface area contributed by atoms with Crippen molar-refractivity contribution in [2.45, 2.75) is 109 Å². The molecule has 0 bridgehead atoms. The van der Waals surface area contributed by atoms with Gasteiger partial charge < -0.3 is 19.5 Å². The van der Waals surface area contributed by atoms with E-state index in [0.29, 0.717) is 25.0 Å². The first-order valence-electron chi connectivity index (χ1n) is 11.8. The number of hydrogen-bond acceptors (Lipinski definition) is 7. The van der Waals surface area contributed by atoms with Crippen LogP contribution < -0.4 is 10.1 Å². The van der Waals surface area contributed by atoms with E-state index in [1.54, 1.807) is 33.8 Å². The summed E-state index contributed by atoms with van der Waals surface area (Å²) < 4.78 is 16.3. The van der Waals surface area contributed by atoms with Gasteiger partial charge in [-0.3, -0.25) is 4.79 Å². The normalized spacial score (nSPS) is 19.6. The predicted molar refractivity (Wildman–Crippen MR) is 134 cm³/mol. The summed E-state index contributed by atoms with van der Waals surface area (Å²) in [5.41, 5.74) is 0.281. The van der Waals surface area contributed by atoms with Crippen molar-refractivity contribution in [1.82, 2.24) is 5.32 Å². The topological polar surface area (TPSA) is 90.9 Å². The summed E-state index contributed by atoms with van der Waals surface area (Å²) in [5, 5.41) is 2.93. The molecule has 2 atom stereocenters. The molecule has 8 heteroatoms. The molecule has 0 heterocycles. The second-order valence-corrected chi connectivity index (χ2v) is 12.1. The highest BCUT2D eigenvalue weighted by atomic mass is 32.2. The number of hydrogen-bond donors (Lipinski definition) is 1. The van der Waals surface area contributed by atoms with Crippen molar-refractivity contribution in [3.05, 3.63) is 29.3 Å². The molecule has 7 nitrogen and oxygen atoms in total. The Morgan fingerprint density at radius 3 is 2.12 bits per heavy atom. The van der Waals surface area contributed by atoms with E-state index in [9.17, 15) is 14.4 Å². The summed E-state index contributed by atoms with van der Waals surface area (Å²) in [5.74, 6) is 0.382. The Morgan fingerprint density at radius 1 is 1.03 bits per heavy atom. The molecule has 1 aliphatic rings. The van der Waals surface area contributed by atoms with E-state index < -0.39 is 28.9 Å². The Morgan fingerprint density at radius 2 is 1.62 bits per heavy atom. The number of amides is 1. The molecule has 190 valence electrons. The lowest BCUT2D eigenvalue weighted by Crippen LogP contribution is -2.59. The molecule has 0 aromatic heterocycles. The van der Waals surface area contributed by atoms with Gasteiger partial charge in [0.1, 0.15) is 17.0 Å². The van der Waals surface area contributed by atoms with Crippen molar-refractivity contribution < 1.29 is 28.6 Å². The summed E-state index contributed by atoms with van der Waals surface area (Å²) >= 11 is 1.25. The summed E-state index contributed by atoms with van der Waals surface area (Å²) in [6.45, 7) is 16.5. The van der Waals surface area contributed by atoms with Crippen LogP contribution in [0.3, 0.4) is 0 Å². The highest BCUT2D eigenvalue weighted by molar-refractivity contribution is 8.14. The van der Waals surface area contributed by atoms with Crippen LogP contribution in [-0.2, 0) is 26.1 Å². The number of rotatable bonds is 5. The number of carbonyl (C=O) groups excluding carboxylic acids is 3. The van der Waals surface area contributed by atoms with E-state index in [0.717, 1.165) is 11.1 Å². The second kappa shape index (κ2) is 10.6. The van der Waals surface area contributed by atoms with Gasteiger partial charge in [-0.05, 0) is 84.1 Å². The monoisotopic (exact) mass is 493 g/mol. The van der Waals surface area contributed by atoms with Crippen LogP contribution in [0.5, 0.6) is 5.75 Å². The standard InChI is InChI=1S/C26H39NO6S/c1-10-26(11-2)19-15-18(31-23(30)33-25(7,8)9)13-12-17(19)14-20(34-16(3)28)21(26)27-22(29)32-24(4,5)6/h12-13,15,20-21H,10-11,14H2,1-9H3,(H,27,29)/t20-,21+/m0/s1. The summed E-state index contributed by atoms with van der Waals surface area (Å²) in [4.78, 5) is 37.2. The fourth-order valence-corrected chi connectivity index (χ4v) is 5.70. The largest absolute Gasteiger partial charge is 0.514 e. The Hall–Kier alpha value is -2.22. The minimum atomic E-state index is -0.768. The predicted octanol–water partition coefficient (Wildman–Crippen LogP) is 6.16. The molecule has 1 aliphatic carbocycles. The summed E-state index contributed by atoms with van der Waals surface area (Å²) in [7, 11) is 0. The quantitative estimate of drug-likeness (QED) is 0.388. The van der Waals surface area contributed by atoms with Crippen LogP contribution in [0.25, 0.3) is 0 Å². The van der Waals surface area contributed by atoms with Crippen molar-refractivity contribution in [2.75, 3.05) is 0 Å². The average molecular weight is 494 g/mol. The molecule has 1 amide bonds. The van der Waals surface area contributed by atoms with Gasteiger partial charge in [0.15, 0.2) is 5.12 Å². The van der Waals surface area contributed by atoms with Gasteiger partial charge in [-0.2, -0.15) is 0 Å². The number of carbonyl (C=O) groups is 3.